The van der Waals surface area contributed by atoms with E-state index in [4.69, 9.17) is 4.74 Å². The fourth-order valence-corrected chi connectivity index (χ4v) is 3.09. The molecular formula is C19H18N4O4S. The average molecular weight is 398 g/mol. The third-order valence-electron chi connectivity index (χ3n) is 3.73. The molecule has 2 aromatic heterocycles. The maximum Gasteiger partial charge on any atom is 0.355 e. The van der Waals surface area contributed by atoms with Crippen molar-refractivity contribution < 1.29 is 14.3 Å². The van der Waals surface area contributed by atoms with Gasteiger partial charge >= 0.3 is 11.7 Å². The molecular weight excluding hydrogens is 380 g/mol. The topological polar surface area (TPSA) is 103 Å². The van der Waals surface area contributed by atoms with Crippen LogP contribution in [0.25, 0.3) is 5.65 Å². The van der Waals surface area contributed by atoms with Gasteiger partial charge in [-0.3, -0.25) is 9.20 Å². The van der Waals surface area contributed by atoms with Gasteiger partial charge in [-0.1, -0.05) is 23.9 Å². The predicted molar refractivity (Wildman–Crippen MR) is 106 cm³/mol. The Morgan fingerprint density at radius 2 is 2.00 bits per heavy atom. The van der Waals surface area contributed by atoms with Crippen LogP contribution < -0.4 is 11.0 Å². The van der Waals surface area contributed by atoms with Gasteiger partial charge in [0.05, 0.1) is 23.6 Å². The number of anilines is 1. The first-order chi connectivity index (χ1) is 13.5. The summed E-state index contributed by atoms with van der Waals surface area (Å²) in [5.41, 5.74) is 1.61. The van der Waals surface area contributed by atoms with Crippen LogP contribution in [-0.2, 0) is 9.53 Å². The SMILES string of the molecule is CCOC(=O)c1ccccc1NC(=O)CSc1nc(=O)n2ccc(C)cc2n1. The van der Waals surface area contributed by atoms with Crippen LogP contribution in [0.3, 0.4) is 0 Å². The molecule has 1 aromatic carbocycles. The van der Waals surface area contributed by atoms with E-state index in [-0.39, 0.29) is 29.0 Å². The summed E-state index contributed by atoms with van der Waals surface area (Å²) < 4.78 is 6.33. The fraction of sp³-hybridized carbons (Fsp3) is 0.211. The number of aromatic nitrogens is 3. The number of carbonyl (C=O) groups excluding carboxylic acids is 2. The largest absolute Gasteiger partial charge is 0.462 e. The van der Waals surface area contributed by atoms with Crippen molar-refractivity contribution in [2.24, 2.45) is 0 Å². The molecule has 0 aliphatic carbocycles. The molecule has 0 saturated heterocycles. The zero-order valence-electron chi connectivity index (χ0n) is 15.3. The maximum atomic E-state index is 12.3. The Morgan fingerprint density at radius 3 is 2.79 bits per heavy atom. The van der Waals surface area contributed by atoms with Gasteiger partial charge in [0.2, 0.25) is 5.91 Å². The molecule has 0 unspecified atom stereocenters. The van der Waals surface area contributed by atoms with Crippen LogP contribution in [0.1, 0.15) is 22.8 Å². The van der Waals surface area contributed by atoms with E-state index in [0.29, 0.717) is 11.3 Å². The molecule has 0 saturated carbocycles. The lowest BCUT2D eigenvalue weighted by molar-refractivity contribution is -0.113. The van der Waals surface area contributed by atoms with Crippen LogP contribution in [-0.4, -0.2) is 38.6 Å². The summed E-state index contributed by atoms with van der Waals surface area (Å²) in [4.78, 5) is 44.5. The summed E-state index contributed by atoms with van der Waals surface area (Å²) in [5.74, 6) is -0.874. The third-order valence-corrected chi connectivity index (χ3v) is 4.57. The Hall–Kier alpha value is -3.20. The number of para-hydroxylation sites is 1. The number of nitrogens with zero attached hydrogens (tertiary/aromatic N) is 3. The molecule has 0 aliphatic rings. The Kier molecular flexibility index (Phi) is 6.05. The van der Waals surface area contributed by atoms with Gasteiger partial charge in [0.15, 0.2) is 5.16 Å². The highest BCUT2D eigenvalue weighted by Gasteiger charge is 2.14. The minimum absolute atomic E-state index is 0.0153. The molecule has 0 atom stereocenters. The number of carbonyl (C=O) groups is 2. The number of esters is 1. The van der Waals surface area contributed by atoms with E-state index < -0.39 is 11.7 Å². The number of nitrogens with one attached hydrogen (secondary N) is 1. The highest BCUT2D eigenvalue weighted by molar-refractivity contribution is 7.99. The van der Waals surface area contributed by atoms with Crippen molar-refractivity contribution in [2.45, 2.75) is 19.0 Å². The molecule has 0 fully saturated rings. The monoisotopic (exact) mass is 398 g/mol. The fourth-order valence-electron chi connectivity index (χ4n) is 2.46. The molecule has 0 bridgehead atoms. The summed E-state index contributed by atoms with van der Waals surface area (Å²) in [5, 5.41) is 2.89. The second-order valence-electron chi connectivity index (χ2n) is 5.82. The lowest BCUT2D eigenvalue weighted by Crippen LogP contribution is -2.20. The maximum absolute atomic E-state index is 12.3. The molecule has 3 rings (SSSR count). The number of hydrogen-bond donors (Lipinski definition) is 1. The molecule has 2 heterocycles. The average Bonchev–Trinajstić information content (AvgIpc) is 2.66. The lowest BCUT2D eigenvalue weighted by atomic mass is 10.2. The van der Waals surface area contributed by atoms with Crippen LogP contribution in [0.5, 0.6) is 0 Å². The summed E-state index contributed by atoms with van der Waals surface area (Å²) in [6, 6.07) is 10.2. The first-order valence-corrected chi connectivity index (χ1v) is 9.52. The number of thioether (sulfide) groups is 1. The Bertz CT molecular complexity index is 1100. The lowest BCUT2D eigenvalue weighted by Gasteiger charge is -2.10. The van der Waals surface area contributed by atoms with Gasteiger partial charge in [0.25, 0.3) is 0 Å². The van der Waals surface area contributed by atoms with E-state index in [2.05, 4.69) is 15.3 Å². The van der Waals surface area contributed by atoms with E-state index >= 15 is 0 Å². The highest BCUT2D eigenvalue weighted by Crippen LogP contribution is 2.18. The summed E-state index contributed by atoms with van der Waals surface area (Å²) in [6.45, 7) is 3.85. The van der Waals surface area contributed by atoms with Gasteiger partial charge in [-0.2, -0.15) is 4.98 Å². The van der Waals surface area contributed by atoms with Gasteiger partial charge in [-0.05, 0) is 43.7 Å². The predicted octanol–water partition coefficient (Wildman–Crippen LogP) is 2.31. The Morgan fingerprint density at radius 1 is 1.21 bits per heavy atom. The van der Waals surface area contributed by atoms with E-state index in [1.54, 1.807) is 49.5 Å². The second-order valence-corrected chi connectivity index (χ2v) is 6.77. The number of ether oxygens (including phenoxy) is 1. The molecule has 1 amide bonds. The Balaban J connectivity index is 1.71. The van der Waals surface area contributed by atoms with Gasteiger partial charge in [0, 0.05) is 6.20 Å². The van der Waals surface area contributed by atoms with Crippen molar-refractivity contribution >= 4 is 35.0 Å². The van der Waals surface area contributed by atoms with Crippen molar-refractivity contribution in [3.63, 3.8) is 0 Å². The number of fused-ring (bicyclic) bond motifs is 1. The van der Waals surface area contributed by atoms with Crippen molar-refractivity contribution in [3.8, 4) is 0 Å². The molecule has 1 N–H and O–H groups in total. The van der Waals surface area contributed by atoms with Crippen LogP contribution in [0, 0.1) is 6.92 Å². The number of hydrogen-bond acceptors (Lipinski definition) is 7. The van der Waals surface area contributed by atoms with Crippen molar-refractivity contribution in [2.75, 3.05) is 17.7 Å². The minimum atomic E-state index is -0.507. The molecule has 9 heteroatoms. The van der Waals surface area contributed by atoms with Crippen molar-refractivity contribution in [3.05, 3.63) is 64.2 Å². The van der Waals surface area contributed by atoms with E-state index in [0.717, 1.165) is 17.3 Å². The number of rotatable bonds is 6. The minimum Gasteiger partial charge on any atom is -0.462 e. The second kappa shape index (κ2) is 8.66. The summed E-state index contributed by atoms with van der Waals surface area (Å²) in [7, 11) is 0. The molecule has 0 spiro atoms. The van der Waals surface area contributed by atoms with Crippen LogP contribution >= 0.6 is 11.8 Å². The summed E-state index contributed by atoms with van der Waals surface area (Å²) >= 11 is 1.04. The van der Waals surface area contributed by atoms with Crippen LogP contribution in [0.15, 0.2) is 52.5 Å². The normalized spacial score (nSPS) is 10.6. The van der Waals surface area contributed by atoms with Crippen molar-refractivity contribution in [1.82, 2.24) is 14.4 Å². The molecule has 144 valence electrons. The van der Waals surface area contributed by atoms with Gasteiger partial charge in [-0.25, -0.2) is 14.6 Å². The molecule has 0 aliphatic heterocycles. The number of pyridine rings is 1. The standard InChI is InChI=1S/C19H18N4O4S/c1-3-27-17(25)13-6-4-5-7-14(13)20-16(24)11-28-18-21-15-10-12(2)8-9-23(15)19(26)22-18/h4-10H,3,11H2,1-2H3,(H,20,24). The van der Waals surface area contributed by atoms with Gasteiger partial charge in [-0.15, -0.1) is 0 Å². The van der Waals surface area contributed by atoms with Crippen LogP contribution in [0.2, 0.25) is 0 Å². The number of aryl methyl sites for hydroxylation is 1. The zero-order chi connectivity index (χ0) is 20.1. The number of amides is 1. The smallest absolute Gasteiger partial charge is 0.355 e. The Labute approximate surface area is 165 Å². The van der Waals surface area contributed by atoms with Gasteiger partial charge < -0.3 is 10.1 Å². The first kappa shape index (κ1) is 19.6. The number of benzene rings is 1. The third kappa shape index (κ3) is 4.55. The molecule has 28 heavy (non-hydrogen) atoms. The van der Waals surface area contributed by atoms with Crippen LogP contribution in [0.4, 0.5) is 5.69 Å². The quantitative estimate of drug-likeness (QED) is 0.502. The summed E-state index contributed by atoms with van der Waals surface area (Å²) in [6.07, 6.45) is 1.61. The molecule has 3 aromatic rings. The first-order valence-electron chi connectivity index (χ1n) is 8.54. The zero-order valence-corrected chi connectivity index (χ0v) is 16.2. The van der Waals surface area contributed by atoms with E-state index in [1.165, 1.54) is 4.40 Å². The van der Waals surface area contributed by atoms with Crippen molar-refractivity contribution in [1.29, 1.82) is 0 Å². The molecule has 8 nitrogen and oxygen atoms in total. The highest BCUT2D eigenvalue weighted by atomic mass is 32.2. The molecule has 0 radical (unpaired) electrons. The van der Waals surface area contributed by atoms with E-state index in [9.17, 15) is 14.4 Å². The van der Waals surface area contributed by atoms with E-state index in [1.807, 2.05) is 6.92 Å². The van der Waals surface area contributed by atoms with Gasteiger partial charge in [0.1, 0.15) is 5.65 Å².